The van der Waals surface area contributed by atoms with Gasteiger partial charge < -0.3 is 10.2 Å². The van der Waals surface area contributed by atoms with Crippen molar-refractivity contribution in [3.63, 3.8) is 0 Å². The van der Waals surface area contributed by atoms with E-state index in [2.05, 4.69) is 27.7 Å². The van der Waals surface area contributed by atoms with E-state index in [9.17, 15) is 31.8 Å². The third-order valence-electron chi connectivity index (χ3n) is 13.5. The molecular formula is C36H53F3O4S. The molecule has 0 aliphatic heterocycles. The zero-order valence-electron chi connectivity index (χ0n) is 27.5. The first-order chi connectivity index (χ1) is 20.1. The van der Waals surface area contributed by atoms with Gasteiger partial charge in [0.25, 0.3) is 0 Å². The lowest BCUT2D eigenvalue weighted by molar-refractivity contribution is -0.272. The Bertz CT molecular complexity index is 1370. The summed E-state index contributed by atoms with van der Waals surface area (Å²) >= 11 is 0. The highest BCUT2D eigenvalue weighted by molar-refractivity contribution is 7.92. The average Bonchev–Trinajstić information content (AvgIpc) is 3.29. The van der Waals surface area contributed by atoms with Crippen LogP contribution in [0.2, 0.25) is 0 Å². The Kier molecular flexibility index (Phi) is 8.36. The van der Waals surface area contributed by atoms with Gasteiger partial charge in [0.1, 0.15) is 0 Å². The van der Waals surface area contributed by atoms with E-state index >= 15 is 0 Å². The molecule has 3 saturated carbocycles. The van der Waals surface area contributed by atoms with E-state index in [1.165, 1.54) is 0 Å². The van der Waals surface area contributed by atoms with Crippen molar-refractivity contribution in [2.75, 3.05) is 0 Å². The summed E-state index contributed by atoms with van der Waals surface area (Å²) in [6.45, 7) is 14.7. The first-order valence-electron chi connectivity index (χ1n) is 16.6. The fraction of sp³-hybridized carbons (Fsp3) is 0.778. The van der Waals surface area contributed by atoms with E-state index in [0.29, 0.717) is 23.7 Å². The van der Waals surface area contributed by atoms with E-state index in [0.717, 1.165) is 31.3 Å². The van der Waals surface area contributed by atoms with E-state index in [4.69, 9.17) is 0 Å². The fourth-order valence-corrected chi connectivity index (χ4v) is 12.8. The molecule has 8 heteroatoms. The van der Waals surface area contributed by atoms with Crippen LogP contribution >= 0.6 is 0 Å². The van der Waals surface area contributed by atoms with Gasteiger partial charge in [-0.1, -0.05) is 78.3 Å². The molecular weight excluding hydrogens is 585 g/mol. The molecule has 2 unspecified atom stereocenters. The fourth-order valence-electron chi connectivity index (χ4n) is 10.7. The maximum absolute atomic E-state index is 14.3. The lowest BCUT2D eigenvalue weighted by Gasteiger charge is -2.64. The molecule has 0 spiro atoms. The van der Waals surface area contributed by atoms with E-state index < -0.39 is 38.4 Å². The van der Waals surface area contributed by atoms with Crippen LogP contribution in [0.5, 0.6) is 0 Å². The Morgan fingerprint density at radius 1 is 0.932 bits per heavy atom. The molecule has 4 nitrogen and oxygen atoms in total. The van der Waals surface area contributed by atoms with E-state index in [1.807, 2.05) is 32.9 Å². The van der Waals surface area contributed by atoms with Gasteiger partial charge >= 0.3 is 6.18 Å². The molecule has 4 aliphatic carbocycles. The Hall–Kier alpha value is -1.38. The smallest absolute Gasteiger partial charge is 0.393 e. The van der Waals surface area contributed by atoms with Crippen molar-refractivity contribution in [1.82, 2.24) is 0 Å². The molecule has 1 aromatic carbocycles. The van der Waals surface area contributed by atoms with Crippen molar-refractivity contribution in [3.8, 4) is 0 Å². The highest BCUT2D eigenvalue weighted by Crippen LogP contribution is 2.72. The molecule has 0 saturated heterocycles. The van der Waals surface area contributed by atoms with Gasteiger partial charge in [-0.3, -0.25) is 0 Å². The summed E-state index contributed by atoms with van der Waals surface area (Å²) in [5.74, 6) is 0.480. The first kappa shape index (κ1) is 34.0. The van der Waals surface area contributed by atoms with Crippen LogP contribution < -0.4 is 0 Å². The summed E-state index contributed by atoms with van der Waals surface area (Å²) in [7, 11) is -3.73. The zero-order chi connectivity index (χ0) is 32.7. The summed E-state index contributed by atoms with van der Waals surface area (Å²) in [5.41, 5.74) is -2.97. The van der Waals surface area contributed by atoms with Crippen molar-refractivity contribution in [1.29, 1.82) is 0 Å². The second-order valence-corrected chi connectivity index (χ2v) is 18.9. The minimum atomic E-state index is -4.65. The Morgan fingerprint density at radius 3 is 2.16 bits per heavy atom. The highest BCUT2D eigenvalue weighted by Gasteiger charge is 2.67. The zero-order valence-corrected chi connectivity index (χ0v) is 28.4. The molecule has 0 radical (unpaired) electrons. The summed E-state index contributed by atoms with van der Waals surface area (Å²) in [6, 6.07) is 8.61. The van der Waals surface area contributed by atoms with Crippen molar-refractivity contribution in [2.45, 2.75) is 134 Å². The Morgan fingerprint density at radius 2 is 1.57 bits per heavy atom. The number of fused-ring (bicyclic) bond motifs is 5. The molecule has 44 heavy (non-hydrogen) atoms. The molecule has 0 amide bonds. The number of aliphatic hydroxyl groups is 2. The number of hydrogen-bond donors (Lipinski definition) is 2. The van der Waals surface area contributed by atoms with Gasteiger partial charge in [-0.05, 0) is 109 Å². The minimum Gasteiger partial charge on any atom is -0.393 e. The molecule has 2 N–H and O–H groups in total. The van der Waals surface area contributed by atoms with Crippen molar-refractivity contribution in [2.24, 2.45) is 45.3 Å². The van der Waals surface area contributed by atoms with E-state index in [-0.39, 0.29) is 53.3 Å². The molecule has 5 rings (SSSR count). The number of aliphatic hydroxyl groups excluding tert-OH is 1. The third-order valence-corrected chi connectivity index (χ3v) is 15.8. The quantitative estimate of drug-likeness (QED) is 0.307. The van der Waals surface area contributed by atoms with Gasteiger partial charge in [0.05, 0.1) is 16.2 Å². The highest BCUT2D eigenvalue weighted by atomic mass is 32.2. The largest absolute Gasteiger partial charge is 0.417 e. The minimum absolute atomic E-state index is 0.119. The second-order valence-electron chi connectivity index (χ2n) is 16.8. The standard InChI is InChI=1S/C36H53F3O4S/c1-23(27(21-30(40)31(2,3)4)44(42,43)25-11-9-8-10-12-25)26-13-14-28-33(26,6)18-16-29-32(5)19-20-35(41,36(37,38)39)22-24(32)15-17-34(28,29)7/h8-12,15,23,26-30,40-41H,13-14,16-22H2,1-7H3/t23-,26+,27?,28+,29+,30?,32-,33+,34-,35-/m0/s1. The summed E-state index contributed by atoms with van der Waals surface area (Å²) in [4.78, 5) is 0.294. The van der Waals surface area contributed by atoms with Gasteiger partial charge in [-0.15, -0.1) is 0 Å². The van der Waals surface area contributed by atoms with Crippen molar-refractivity contribution >= 4 is 9.84 Å². The normalized spacial score (nSPS) is 39.8. The first-order valence-corrected chi connectivity index (χ1v) is 18.1. The van der Waals surface area contributed by atoms with Gasteiger partial charge in [0, 0.05) is 6.42 Å². The maximum Gasteiger partial charge on any atom is 0.417 e. The van der Waals surface area contributed by atoms with Crippen LogP contribution in [0.4, 0.5) is 13.2 Å². The number of alkyl halides is 3. The van der Waals surface area contributed by atoms with Crippen LogP contribution in [0, 0.1) is 45.3 Å². The van der Waals surface area contributed by atoms with Crippen LogP contribution in [0.1, 0.15) is 106 Å². The van der Waals surface area contributed by atoms with Gasteiger partial charge in [0.15, 0.2) is 15.4 Å². The number of sulfone groups is 1. The number of rotatable bonds is 6. The molecule has 0 heterocycles. The number of allylic oxidation sites excluding steroid dienone is 1. The van der Waals surface area contributed by atoms with Gasteiger partial charge in [-0.25, -0.2) is 8.42 Å². The van der Waals surface area contributed by atoms with Crippen LogP contribution in [0.3, 0.4) is 0 Å². The van der Waals surface area contributed by atoms with Crippen molar-refractivity contribution in [3.05, 3.63) is 42.0 Å². The van der Waals surface area contributed by atoms with Crippen LogP contribution in [0.15, 0.2) is 46.9 Å². The SMILES string of the molecule is C[C@H](C(CC(O)C(C)(C)C)S(=O)(=O)c1ccccc1)[C@H]1CC[C@@H]2[C@]1(C)CC[C@H]1[C@@]2(C)CC=C2C[C@](O)(C(F)(F)F)CC[C@@]21C. The average molecular weight is 639 g/mol. The summed E-state index contributed by atoms with van der Waals surface area (Å²) < 4.78 is 70.0. The maximum atomic E-state index is 14.3. The van der Waals surface area contributed by atoms with E-state index in [1.54, 1.807) is 24.3 Å². The predicted octanol–water partition coefficient (Wildman–Crippen LogP) is 8.52. The lowest BCUT2D eigenvalue weighted by Crippen LogP contribution is -2.59. The molecule has 10 atom stereocenters. The molecule has 1 aromatic rings. The monoisotopic (exact) mass is 638 g/mol. The number of halogens is 3. The lowest BCUT2D eigenvalue weighted by atomic mass is 9.41. The molecule has 3 fully saturated rings. The number of hydrogen-bond acceptors (Lipinski definition) is 4. The molecule has 248 valence electrons. The predicted molar refractivity (Wildman–Crippen MR) is 167 cm³/mol. The second kappa shape index (κ2) is 10.8. The topological polar surface area (TPSA) is 74.6 Å². The Balaban J connectivity index is 1.47. The van der Waals surface area contributed by atoms with Gasteiger partial charge in [-0.2, -0.15) is 13.2 Å². The summed E-state index contributed by atoms with van der Waals surface area (Å²) in [5, 5.41) is 21.1. The van der Waals surface area contributed by atoms with Crippen LogP contribution in [0.25, 0.3) is 0 Å². The molecule has 0 bridgehead atoms. The van der Waals surface area contributed by atoms with Gasteiger partial charge in [0.2, 0.25) is 0 Å². The molecule has 4 aliphatic rings. The number of benzene rings is 1. The van der Waals surface area contributed by atoms with Crippen LogP contribution in [-0.2, 0) is 9.84 Å². The molecule has 0 aromatic heterocycles. The summed E-state index contributed by atoms with van der Waals surface area (Å²) in [6.07, 6.45) is 0.815. The Labute approximate surface area is 262 Å². The third kappa shape index (κ3) is 5.21. The van der Waals surface area contributed by atoms with Crippen molar-refractivity contribution < 1.29 is 31.8 Å². The van der Waals surface area contributed by atoms with Crippen LogP contribution in [-0.4, -0.2) is 41.8 Å².